The summed E-state index contributed by atoms with van der Waals surface area (Å²) in [7, 11) is 0. The molecular formula is C22H22FN3O3. The van der Waals surface area contributed by atoms with Gasteiger partial charge in [-0.1, -0.05) is 6.07 Å². The number of amides is 2. The van der Waals surface area contributed by atoms with Crippen molar-refractivity contribution in [3.8, 4) is 5.75 Å². The Morgan fingerprint density at radius 3 is 2.79 bits per heavy atom. The number of fused-ring (bicyclic) bond motifs is 2. The van der Waals surface area contributed by atoms with Gasteiger partial charge in [0, 0.05) is 23.4 Å². The number of H-pyrrole nitrogens is 1. The maximum Gasteiger partial charge on any atom is 0.319 e. The van der Waals surface area contributed by atoms with Gasteiger partial charge in [0.05, 0.1) is 17.2 Å². The molecule has 2 amide bonds. The molecule has 4 rings (SSSR count). The van der Waals surface area contributed by atoms with E-state index < -0.39 is 17.7 Å². The molecule has 29 heavy (non-hydrogen) atoms. The van der Waals surface area contributed by atoms with Crippen LogP contribution in [0.4, 0.5) is 14.9 Å². The first-order chi connectivity index (χ1) is 13.7. The number of hydrogen-bond acceptors (Lipinski definition) is 3. The van der Waals surface area contributed by atoms with Crippen molar-refractivity contribution >= 4 is 22.6 Å². The number of aryl methyl sites for hydroxylation is 1. The molecule has 0 saturated heterocycles. The molecule has 1 atom stereocenters. The number of nitrogens with one attached hydrogen (secondary N) is 3. The van der Waals surface area contributed by atoms with Crippen molar-refractivity contribution in [2.45, 2.75) is 38.8 Å². The number of halogens is 1. The highest BCUT2D eigenvalue weighted by atomic mass is 19.1. The summed E-state index contributed by atoms with van der Waals surface area (Å²) >= 11 is 0. The molecule has 6 nitrogen and oxygen atoms in total. The van der Waals surface area contributed by atoms with Crippen LogP contribution >= 0.6 is 0 Å². The highest BCUT2D eigenvalue weighted by Crippen LogP contribution is 2.39. The predicted molar refractivity (Wildman–Crippen MR) is 110 cm³/mol. The number of rotatable bonds is 2. The van der Waals surface area contributed by atoms with Crippen molar-refractivity contribution < 1.29 is 13.9 Å². The maximum absolute atomic E-state index is 13.8. The van der Waals surface area contributed by atoms with Gasteiger partial charge in [-0.25, -0.2) is 9.18 Å². The number of carbonyl (C=O) groups is 1. The molecule has 1 aliphatic rings. The Labute approximate surface area is 167 Å². The Balaban J connectivity index is 1.63. The van der Waals surface area contributed by atoms with E-state index >= 15 is 0 Å². The molecule has 0 unspecified atom stereocenters. The second-order valence-electron chi connectivity index (χ2n) is 7.94. The number of ether oxygens (including phenoxy) is 1. The standard InChI is InChI=1S/C22H22FN3O3/c1-12-4-7-16-14(6-9-19(27)24-16)20(12)26-21(28)25-17-11-22(2,3)29-18-8-5-13(23)10-15(17)18/h4-10,17H,11H2,1-3H3,(H,24,27)(H2,25,26,28)/t17-/m1/s1. The van der Waals surface area contributed by atoms with Crippen LogP contribution in [-0.4, -0.2) is 16.6 Å². The molecule has 3 aromatic rings. The third-order valence-corrected chi connectivity index (χ3v) is 5.09. The average Bonchev–Trinajstić information content (AvgIpc) is 2.64. The predicted octanol–water partition coefficient (Wildman–Crippen LogP) is 4.40. The second kappa shape index (κ2) is 6.92. The van der Waals surface area contributed by atoms with Crippen molar-refractivity contribution in [1.82, 2.24) is 10.3 Å². The summed E-state index contributed by atoms with van der Waals surface area (Å²) < 4.78 is 19.7. The topological polar surface area (TPSA) is 83.2 Å². The molecule has 0 radical (unpaired) electrons. The summed E-state index contributed by atoms with van der Waals surface area (Å²) in [5, 5.41) is 6.56. The molecule has 1 aliphatic heterocycles. The highest BCUT2D eigenvalue weighted by Gasteiger charge is 2.35. The Kier molecular flexibility index (Phi) is 4.53. The molecule has 1 aromatic heterocycles. The lowest BCUT2D eigenvalue weighted by molar-refractivity contribution is 0.0680. The van der Waals surface area contributed by atoms with Gasteiger partial charge < -0.3 is 20.4 Å². The largest absolute Gasteiger partial charge is 0.487 e. The zero-order chi connectivity index (χ0) is 20.8. The number of hydrogen-bond donors (Lipinski definition) is 3. The van der Waals surface area contributed by atoms with Crippen LogP contribution in [0, 0.1) is 12.7 Å². The van der Waals surface area contributed by atoms with Crippen LogP contribution in [-0.2, 0) is 0 Å². The third kappa shape index (κ3) is 3.81. The van der Waals surface area contributed by atoms with Crippen LogP contribution in [0.2, 0.25) is 0 Å². The van der Waals surface area contributed by atoms with E-state index in [1.165, 1.54) is 18.2 Å². The van der Waals surface area contributed by atoms with Gasteiger partial charge in [-0.05, 0) is 56.7 Å². The number of benzene rings is 2. The zero-order valence-electron chi connectivity index (χ0n) is 16.4. The monoisotopic (exact) mass is 395 g/mol. The van der Waals surface area contributed by atoms with Crippen LogP contribution < -0.4 is 20.9 Å². The normalized spacial score (nSPS) is 17.3. The SMILES string of the molecule is Cc1ccc2[nH]c(=O)ccc2c1NC(=O)N[C@@H]1CC(C)(C)Oc2ccc(F)cc21. The van der Waals surface area contributed by atoms with Crippen molar-refractivity contribution in [1.29, 1.82) is 0 Å². The Bertz CT molecular complexity index is 1170. The third-order valence-electron chi connectivity index (χ3n) is 5.09. The van der Waals surface area contributed by atoms with E-state index in [0.29, 0.717) is 28.9 Å². The van der Waals surface area contributed by atoms with Crippen LogP contribution in [0.3, 0.4) is 0 Å². The fraction of sp³-hybridized carbons (Fsp3) is 0.273. The molecule has 0 spiro atoms. The van der Waals surface area contributed by atoms with Crippen LogP contribution in [0.5, 0.6) is 5.75 Å². The van der Waals surface area contributed by atoms with E-state index in [0.717, 1.165) is 10.9 Å². The van der Waals surface area contributed by atoms with Gasteiger partial charge in [0.1, 0.15) is 17.2 Å². The number of carbonyl (C=O) groups excluding carboxylic acids is 1. The summed E-state index contributed by atoms with van der Waals surface area (Å²) in [6.07, 6.45) is 0.499. The molecular weight excluding hydrogens is 373 g/mol. The number of urea groups is 1. The first kappa shape index (κ1) is 19.0. The van der Waals surface area contributed by atoms with Gasteiger partial charge in [0.15, 0.2) is 0 Å². The lowest BCUT2D eigenvalue weighted by atomic mass is 9.89. The van der Waals surface area contributed by atoms with Crippen molar-refractivity contribution in [2.24, 2.45) is 0 Å². The maximum atomic E-state index is 13.8. The minimum absolute atomic E-state index is 0.208. The van der Waals surface area contributed by atoms with Gasteiger partial charge in [0.25, 0.3) is 0 Å². The summed E-state index contributed by atoms with van der Waals surface area (Å²) in [5.74, 6) is 0.181. The van der Waals surface area contributed by atoms with Gasteiger partial charge >= 0.3 is 6.03 Å². The van der Waals surface area contributed by atoms with Crippen molar-refractivity contribution in [3.05, 3.63) is 69.8 Å². The first-order valence-electron chi connectivity index (χ1n) is 9.40. The van der Waals surface area contributed by atoms with E-state index in [-0.39, 0.29) is 11.4 Å². The van der Waals surface area contributed by atoms with Crippen molar-refractivity contribution in [3.63, 3.8) is 0 Å². The van der Waals surface area contributed by atoms with Crippen LogP contribution in [0.15, 0.2) is 47.3 Å². The molecule has 2 heterocycles. The summed E-state index contributed by atoms with van der Waals surface area (Å²) in [6.45, 7) is 5.73. The fourth-order valence-electron chi connectivity index (χ4n) is 3.77. The molecule has 7 heteroatoms. The van der Waals surface area contributed by atoms with E-state index in [1.807, 2.05) is 26.8 Å². The number of anilines is 1. The minimum Gasteiger partial charge on any atom is -0.487 e. The summed E-state index contributed by atoms with van der Waals surface area (Å²) in [6, 6.07) is 10.2. The van der Waals surface area contributed by atoms with E-state index in [1.54, 1.807) is 18.2 Å². The van der Waals surface area contributed by atoms with E-state index in [2.05, 4.69) is 15.6 Å². The smallest absolute Gasteiger partial charge is 0.319 e. The van der Waals surface area contributed by atoms with Crippen molar-refractivity contribution in [2.75, 3.05) is 5.32 Å². The van der Waals surface area contributed by atoms with Gasteiger partial charge in [0.2, 0.25) is 5.56 Å². The summed E-state index contributed by atoms with van der Waals surface area (Å²) in [5.41, 5.74) is 2.01. The molecule has 0 aliphatic carbocycles. The number of aromatic amines is 1. The number of pyridine rings is 1. The Morgan fingerprint density at radius 2 is 2.00 bits per heavy atom. The van der Waals surface area contributed by atoms with Crippen LogP contribution in [0.25, 0.3) is 10.9 Å². The first-order valence-corrected chi connectivity index (χ1v) is 9.40. The molecule has 0 saturated carbocycles. The van der Waals surface area contributed by atoms with Crippen LogP contribution in [0.1, 0.15) is 37.4 Å². The highest BCUT2D eigenvalue weighted by molar-refractivity contribution is 6.01. The lowest BCUT2D eigenvalue weighted by Crippen LogP contribution is -2.42. The number of aromatic nitrogens is 1. The van der Waals surface area contributed by atoms with Gasteiger partial charge in [-0.2, -0.15) is 0 Å². The molecule has 150 valence electrons. The van der Waals surface area contributed by atoms with Gasteiger partial charge in [-0.3, -0.25) is 4.79 Å². The quantitative estimate of drug-likeness (QED) is 0.601. The van der Waals surface area contributed by atoms with E-state index in [9.17, 15) is 14.0 Å². The fourth-order valence-corrected chi connectivity index (χ4v) is 3.77. The molecule has 0 fully saturated rings. The Hall–Kier alpha value is -3.35. The summed E-state index contributed by atoms with van der Waals surface area (Å²) in [4.78, 5) is 27.1. The van der Waals surface area contributed by atoms with Gasteiger partial charge in [-0.15, -0.1) is 0 Å². The molecule has 0 bridgehead atoms. The zero-order valence-corrected chi connectivity index (χ0v) is 16.4. The molecule has 2 aromatic carbocycles. The van der Waals surface area contributed by atoms with E-state index in [4.69, 9.17) is 4.74 Å². The Morgan fingerprint density at radius 1 is 1.21 bits per heavy atom. The minimum atomic E-state index is -0.502. The molecule has 3 N–H and O–H groups in total. The second-order valence-corrected chi connectivity index (χ2v) is 7.94. The lowest BCUT2D eigenvalue weighted by Gasteiger charge is -2.37. The average molecular weight is 395 g/mol.